The number of ether oxygens (including phenoxy) is 2. The number of carbonyl (C=O) groups excluding carboxylic acids is 10. The molecular weight excluding hydrogens is 912 g/mol. The first kappa shape index (κ1) is 60.4. The molecule has 1 rings (SSSR count). The molecule has 0 aromatic heterocycles. The van der Waals surface area contributed by atoms with E-state index >= 15 is 0 Å². The van der Waals surface area contributed by atoms with Gasteiger partial charge >= 0.3 is 0 Å². The summed E-state index contributed by atoms with van der Waals surface area (Å²) in [7, 11) is 0. The molecule has 29 heteroatoms. The zero-order valence-corrected chi connectivity index (χ0v) is 38.9. The van der Waals surface area contributed by atoms with Crippen LogP contribution >= 0.6 is 0 Å². The number of aliphatic hydroxyl groups excluding tert-OH is 7. The fourth-order valence-electron chi connectivity index (χ4n) is 6.34. The number of rotatable bonds is 27. The van der Waals surface area contributed by atoms with Gasteiger partial charge in [-0.15, -0.1) is 0 Å². The summed E-state index contributed by atoms with van der Waals surface area (Å²) in [5.74, 6) is -10.9. The van der Waals surface area contributed by atoms with Crippen molar-refractivity contribution >= 4 is 59.1 Å². The van der Waals surface area contributed by atoms with E-state index in [9.17, 15) is 83.7 Å². The second-order valence-electron chi connectivity index (χ2n) is 16.2. The van der Waals surface area contributed by atoms with Crippen LogP contribution in [0.25, 0.3) is 0 Å². The molecule has 18 N–H and O–H groups in total. The lowest BCUT2D eigenvalue weighted by Gasteiger charge is -2.43. The lowest BCUT2D eigenvalue weighted by molar-refractivity contribution is -0.281. The zero-order valence-electron chi connectivity index (χ0n) is 38.9. The fraction of sp³-hybridized carbons (Fsp3) is 0.744. The molecule has 0 radical (unpaired) electrons. The van der Waals surface area contributed by atoms with Crippen LogP contribution in [0.4, 0.5) is 0 Å². The Morgan fingerprint density at radius 1 is 0.603 bits per heavy atom. The Labute approximate surface area is 390 Å². The van der Waals surface area contributed by atoms with E-state index in [4.69, 9.17) is 15.2 Å². The Kier molecular flexibility index (Phi) is 25.4. The number of aliphatic hydroxyl groups is 7. The minimum Gasteiger partial charge on any atom is -0.394 e. The van der Waals surface area contributed by atoms with Gasteiger partial charge in [-0.1, -0.05) is 20.3 Å². The minimum absolute atomic E-state index is 0.273. The van der Waals surface area contributed by atoms with Crippen molar-refractivity contribution in [3.63, 3.8) is 0 Å². The molecule has 1 aliphatic heterocycles. The van der Waals surface area contributed by atoms with Gasteiger partial charge in [-0.25, -0.2) is 0 Å². The molecule has 29 nitrogen and oxygen atoms in total. The van der Waals surface area contributed by atoms with Crippen molar-refractivity contribution in [2.75, 3.05) is 26.3 Å². The van der Waals surface area contributed by atoms with Crippen LogP contribution in [0.2, 0.25) is 0 Å². The molecule has 10 amide bonds. The summed E-state index contributed by atoms with van der Waals surface area (Å²) in [5.41, 5.74) is 5.19. The topological polar surface area (TPSA) is 465 Å². The highest BCUT2D eigenvalue weighted by Crippen LogP contribution is 2.24. The number of hydrogen-bond donors (Lipinski definition) is 17. The average molecular weight is 981 g/mol. The van der Waals surface area contributed by atoms with Gasteiger partial charge in [0.2, 0.25) is 59.1 Å². The minimum atomic E-state index is -1.99. The molecule has 0 bridgehead atoms. The van der Waals surface area contributed by atoms with Crippen LogP contribution in [0.5, 0.6) is 0 Å². The summed E-state index contributed by atoms with van der Waals surface area (Å²) in [4.78, 5) is 128. The van der Waals surface area contributed by atoms with Gasteiger partial charge in [0.1, 0.15) is 60.6 Å². The first-order valence-electron chi connectivity index (χ1n) is 21.4. The van der Waals surface area contributed by atoms with Crippen molar-refractivity contribution in [1.29, 1.82) is 0 Å². The van der Waals surface area contributed by atoms with Gasteiger partial charge in [0, 0.05) is 13.8 Å². The van der Waals surface area contributed by atoms with Gasteiger partial charge < -0.3 is 98.8 Å². The molecule has 1 aliphatic rings. The van der Waals surface area contributed by atoms with E-state index < -0.39 is 183 Å². The molecule has 16 atom stereocenters. The quantitative estimate of drug-likeness (QED) is 0.0363. The number of primary amides is 1. The third-order valence-electron chi connectivity index (χ3n) is 10.4. The molecule has 0 spiro atoms. The Bertz CT molecular complexity index is 1770. The van der Waals surface area contributed by atoms with Crippen molar-refractivity contribution in [2.24, 2.45) is 11.7 Å². The third-order valence-corrected chi connectivity index (χ3v) is 10.4. The number of carbonyl (C=O) groups is 10. The van der Waals surface area contributed by atoms with E-state index in [1.165, 1.54) is 0 Å². The smallest absolute Gasteiger partial charge is 0.246 e. The van der Waals surface area contributed by atoms with E-state index in [-0.39, 0.29) is 6.42 Å². The Balaban J connectivity index is 3.42. The Morgan fingerprint density at radius 3 is 1.54 bits per heavy atom. The summed E-state index contributed by atoms with van der Waals surface area (Å²) in [6.45, 7) is 6.49. The largest absolute Gasteiger partial charge is 0.394 e. The molecular formula is C39H68N10O19. The summed E-state index contributed by atoms with van der Waals surface area (Å²) >= 11 is 0. The molecule has 0 unspecified atom stereocenters. The maximum atomic E-state index is 14.1. The summed E-state index contributed by atoms with van der Waals surface area (Å²) in [6.07, 6.45) is -13.0. The third kappa shape index (κ3) is 18.8. The average Bonchev–Trinajstić information content (AvgIpc) is 3.26. The SMILES string of the molecule is CC[C@H](C)[C@H](NC(=O)CNC(=O)[C@@H](NC(=O)[C@@H](NC(=O)[C@@H](NC(=O)CNC(C)=O)[C@@H](C)O)[C@@H](C)O[C@H]1O[C@H](CO)[C@H](O)[C@H](O)[C@H]1NC(C)=O)[C@@H](C)O)C(=O)N[C@@H](CO)C(=O)N[C@H](C(N)=O)[C@@H](C)O. The van der Waals surface area contributed by atoms with Crippen molar-refractivity contribution in [2.45, 2.75) is 153 Å². The molecule has 0 saturated carbocycles. The van der Waals surface area contributed by atoms with Gasteiger partial charge in [-0.3, -0.25) is 47.9 Å². The summed E-state index contributed by atoms with van der Waals surface area (Å²) in [6, 6.07) is -11.9. The van der Waals surface area contributed by atoms with Crippen LogP contribution in [-0.4, -0.2) is 212 Å². The van der Waals surface area contributed by atoms with Crippen molar-refractivity contribution in [3.05, 3.63) is 0 Å². The zero-order chi connectivity index (χ0) is 52.3. The van der Waals surface area contributed by atoms with E-state index in [0.717, 1.165) is 41.5 Å². The highest BCUT2D eigenvalue weighted by molar-refractivity contribution is 5.97. The lowest BCUT2D eigenvalue weighted by atomic mass is 9.96. The molecule has 0 aliphatic carbocycles. The lowest BCUT2D eigenvalue weighted by Crippen LogP contribution is -2.67. The summed E-state index contributed by atoms with van der Waals surface area (Å²) < 4.78 is 11.4. The van der Waals surface area contributed by atoms with Gasteiger partial charge in [-0.05, 0) is 33.6 Å². The highest BCUT2D eigenvalue weighted by Gasteiger charge is 2.47. The van der Waals surface area contributed by atoms with Gasteiger partial charge in [-0.2, -0.15) is 0 Å². The normalized spacial score (nSPS) is 22.8. The van der Waals surface area contributed by atoms with Crippen LogP contribution in [0, 0.1) is 5.92 Å². The van der Waals surface area contributed by atoms with Crippen LogP contribution in [-0.2, 0) is 57.4 Å². The van der Waals surface area contributed by atoms with E-state index in [1.807, 2.05) is 0 Å². The summed E-state index contributed by atoms with van der Waals surface area (Å²) in [5, 5.41) is 91.7. The van der Waals surface area contributed by atoms with Crippen molar-refractivity contribution < 1.29 is 93.2 Å². The Morgan fingerprint density at radius 2 is 1.07 bits per heavy atom. The maximum absolute atomic E-state index is 14.1. The van der Waals surface area contributed by atoms with Crippen molar-refractivity contribution in [1.82, 2.24) is 47.9 Å². The molecule has 1 fully saturated rings. The monoisotopic (exact) mass is 980 g/mol. The molecule has 1 heterocycles. The number of hydrogen-bond acceptors (Lipinski definition) is 19. The Hall–Kier alpha value is -5.66. The number of nitrogens with one attached hydrogen (secondary N) is 9. The van der Waals surface area contributed by atoms with Gasteiger partial charge in [0.15, 0.2) is 6.29 Å². The van der Waals surface area contributed by atoms with Crippen LogP contribution in [0.1, 0.15) is 61.8 Å². The van der Waals surface area contributed by atoms with Crippen molar-refractivity contribution in [3.8, 4) is 0 Å². The molecule has 68 heavy (non-hydrogen) atoms. The fourth-order valence-corrected chi connectivity index (χ4v) is 6.34. The standard InChI is InChI=1S/C39H68N10O19/c1-9-14(2)25(36(64)44-21(12-50)34(62)47-26(15(3)52)33(40)61)45-24(58)11-42-35(63)27(16(4)53)48-38(66)29(49-37(65)28(17(5)54)46-23(57)10-41-19(7)55)18(6)67-39-30(43-20(8)56)32(60)31(59)22(13-51)68-39/h14-18,21-22,25-32,39,50-54,59-60H,9-13H2,1-8H3,(H2,40,61)(H,41,55)(H,42,63)(H,43,56)(H,44,64)(H,45,58)(H,46,57)(H,47,62)(H,48,66)(H,49,65)/t14-,15+,16+,17+,18+,21-,22+,25-,26-,27-,28-,29-,30+,31-,32+,39-/m0/s1. The molecule has 0 aromatic rings. The van der Waals surface area contributed by atoms with E-state index in [2.05, 4.69) is 47.9 Å². The predicted molar refractivity (Wildman–Crippen MR) is 230 cm³/mol. The second kappa shape index (κ2) is 28.6. The van der Waals surface area contributed by atoms with Gasteiger partial charge in [0.05, 0.1) is 50.7 Å². The molecule has 1 saturated heterocycles. The van der Waals surface area contributed by atoms with Gasteiger partial charge in [0.25, 0.3) is 0 Å². The van der Waals surface area contributed by atoms with E-state index in [0.29, 0.717) is 0 Å². The van der Waals surface area contributed by atoms with Crippen LogP contribution in [0.15, 0.2) is 0 Å². The predicted octanol–water partition coefficient (Wildman–Crippen LogP) is -9.84. The number of amides is 10. The first-order chi connectivity index (χ1) is 31.6. The second-order valence-corrected chi connectivity index (χ2v) is 16.2. The van der Waals surface area contributed by atoms with E-state index in [1.54, 1.807) is 13.8 Å². The van der Waals surface area contributed by atoms with Crippen LogP contribution < -0.4 is 53.6 Å². The first-order valence-corrected chi connectivity index (χ1v) is 21.4. The molecule has 388 valence electrons. The molecule has 0 aromatic carbocycles. The number of nitrogens with two attached hydrogens (primary N) is 1. The highest BCUT2D eigenvalue weighted by atomic mass is 16.7. The van der Waals surface area contributed by atoms with Crippen LogP contribution in [0.3, 0.4) is 0 Å². The maximum Gasteiger partial charge on any atom is 0.246 e.